The third-order valence-corrected chi connectivity index (χ3v) is 4.42. The molecule has 0 bridgehead atoms. The van der Waals surface area contributed by atoms with Gasteiger partial charge in [0, 0.05) is 12.2 Å². The monoisotopic (exact) mass is 414 g/mol. The number of anilines is 1. The van der Waals surface area contributed by atoms with E-state index in [2.05, 4.69) is 38.8 Å². The van der Waals surface area contributed by atoms with Crippen LogP contribution in [0.25, 0.3) is 0 Å². The number of halogens is 2. The number of hydrogen-bond donors (Lipinski definition) is 2. The number of nitrogens with zero attached hydrogens (tertiary/aromatic N) is 4. The molecular formula is C18H28Cl2N6O. The van der Waals surface area contributed by atoms with Crippen molar-refractivity contribution in [3.05, 3.63) is 41.2 Å². The maximum absolute atomic E-state index is 12.6. The predicted molar refractivity (Wildman–Crippen MR) is 112 cm³/mol. The lowest BCUT2D eigenvalue weighted by Gasteiger charge is -2.22. The number of amides is 1. The van der Waals surface area contributed by atoms with Crippen molar-refractivity contribution in [2.45, 2.75) is 32.4 Å². The highest BCUT2D eigenvalue weighted by Crippen LogP contribution is 2.20. The summed E-state index contributed by atoms with van der Waals surface area (Å²) in [5, 5.41) is 14.5. The number of carbonyl (C=O) groups is 1. The van der Waals surface area contributed by atoms with E-state index < -0.39 is 0 Å². The zero-order valence-electron chi connectivity index (χ0n) is 15.9. The molecule has 0 spiro atoms. The Morgan fingerprint density at radius 1 is 1.30 bits per heavy atom. The van der Waals surface area contributed by atoms with Crippen LogP contribution in [0.15, 0.2) is 24.4 Å². The van der Waals surface area contributed by atoms with Crippen molar-refractivity contribution in [1.82, 2.24) is 25.2 Å². The van der Waals surface area contributed by atoms with Crippen molar-refractivity contribution in [3.63, 3.8) is 0 Å². The van der Waals surface area contributed by atoms with Crippen LogP contribution in [0.2, 0.25) is 0 Å². The Labute approximate surface area is 172 Å². The van der Waals surface area contributed by atoms with Gasteiger partial charge in [0.2, 0.25) is 0 Å². The number of carbonyl (C=O) groups excluding carboxylic acids is 1. The molecule has 1 aromatic heterocycles. The molecule has 150 valence electrons. The molecule has 1 fully saturated rings. The highest BCUT2D eigenvalue weighted by molar-refractivity contribution is 6.03. The summed E-state index contributed by atoms with van der Waals surface area (Å²) in [6.45, 7) is 4.76. The van der Waals surface area contributed by atoms with Gasteiger partial charge in [-0.25, -0.2) is 4.68 Å². The minimum Gasteiger partial charge on any atom is -0.320 e. The van der Waals surface area contributed by atoms with Gasteiger partial charge in [-0.15, -0.1) is 29.9 Å². The summed E-state index contributed by atoms with van der Waals surface area (Å²) >= 11 is 0. The van der Waals surface area contributed by atoms with E-state index in [1.807, 2.05) is 30.9 Å². The summed E-state index contributed by atoms with van der Waals surface area (Å²) in [4.78, 5) is 14.7. The first-order chi connectivity index (χ1) is 12.0. The molecule has 9 heteroatoms. The maximum Gasteiger partial charge on any atom is 0.277 e. The molecule has 0 radical (unpaired) electrons. The summed E-state index contributed by atoms with van der Waals surface area (Å²) in [5.41, 5.74) is 3.44. The molecule has 3 rings (SSSR count). The number of hydrogen-bond acceptors (Lipinski definition) is 5. The number of piperidine rings is 1. The molecule has 1 aliphatic heterocycles. The summed E-state index contributed by atoms with van der Waals surface area (Å²) < 4.78 is 1.83. The van der Waals surface area contributed by atoms with E-state index in [9.17, 15) is 4.79 Å². The fourth-order valence-electron chi connectivity index (χ4n) is 3.13. The second kappa shape index (κ2) is 10.6. The first kappa shape index (κ1) is 23.4. The van der Waals surface area contributed by atoms with Gasteiger partial charge in [-0.3, -0.25) is 4.79 Å². The largest absolute Gasteiger partial charge is 0.320 e. The van der Waals surface area contributed by atoms with E-state index in [1.165, 1.54) is 5.56 Å². The van der Waals surface area contributed by atoms with Gasteiger partial charge >= 0.3 is 0 Å². The van der Waals surface area contributed by atoms with Crippen molar-refractivity contribution < 1.29 is 4.79 Å². The van der Waals surface area contributed by atoms with Crippen LogP contribution in [-0.4, -0.2) is 53.0 Å². The molecule has 1 amide bonds. The normalized spacial score (nSPS) is 14.4. The van der Waals surface area contributed by atoms with Crippen LogP contribution in [0.1, 0.15) is 40.5 Å². The Bertz CT molecular complexity index is 743. The van der Waals surface area contributed by atoms with Gasteiger partial charge in [0.05, 0.1) is 12.2 Å². The van der Waals surface area contributed by atoms with E-state index in [-0.39, 0.29) is 30.7 Å². The van der Waals surface area contributed by atoms with Gasteiger partial charge in [0.25, 0.3) is 5.91 Å². The SMILES string of the molecule is Cc1ccc(NC(=O)c2cn(C3CCNCC3)nn2)c(CN(C)C)c1.Cl.Cl. The Morgan fingerprint density at radius 3 is 2.67 bits per heavy atom. The van der Waals surface area contributed by atoms with Crippen LogP contribution in [-0.2, 0) is 6.54 Å². The fraction of sp³-hybridized carbons (Fsp3) is 0.500. The van der Waals surface area contributed by atoms with Gasteiger partial charge in [-0.05, 0) is 58.6 Å². The molecule has 0 atom stereocenters. The van der Waals surface area contributed by atoms with E-state index in [0.29, 0.717) is 11.7 Å². The maximum atomic E-state index is 12.6. The molecule has 7 nitrogen and oxygen atoms in total. The standard InChI is InChI=1S/C18H26N6O.2ClH/c1-13-4-5-16(14(10-13)11-23(2)3)20-18(25)17-12-24(22-21-17)15-6-8-19-9-7-15;;/h4-5,10,12,15,19H,6-9,11H2,1-3H3,(H,20,25);2*1H. The van der Waals surface area contributed by atoms with Crippen LogP contribution < -0.4 is 10.6 Å². The van der Waals surface area contributed by atoms with E-state index in [0.717, 1.165) is 43.7 Å². The molecule has 2 aromatic rings. The molecule has 2 heterocycles. The van der Waals surface area contributed by atoms with E-state index in [1.54, 1.807) is 6.20 Å². The lowest BCUT2D eigenvalue weighted by molar-refractivity contribution is 0.102. The second-order valence-corrected chi connectivity index (χ2v) is 6.92. The van der Waals surface area contributed by atoms with Gasteiger partial charge in [-0.2, -0.15) is 0 Å². The zero-order chi connectivity index (χ0) is 17.8. The molecule has 1 aliphatic rings. The van der Waals surface area contributed by atoms with Crippen LogP contribution in [0.5, 0.6) is 0 Å². The predicted octanol–water partition coefficient (Wildman–Crippen LogP) is 2.67. The molecular weight excluding hydrogens is 387 g/mol. The molecule has 1 saturated heterocycles. The third-order valence-electron chi connectivity index (χ3n) is 4.42. The van der Waals surface area contributed by atoms with Gasteiger partial charge in [0.15, 0.2) is 5.69 Å². The average Bonchev–Trinajstić information content (AvgIpc) is 3.08. The van der Waals surface area contributed by atoms with Crippen molar-refractivity contribution in [2.24, 2.45) is 0 Å². The smallest absolute Gasteiger partial charge is 0.277 e. The summed E-state index contributed by atoms with van der Waals surface area (Å²) in [7, 11) is 4.02. The molecule has 1 aromatic carbocycles. The summed E-state index contributed by atoms with van der Waals surface area (Å²) in [5.74, 6) is -0.218. The van der Waals surface area contributed by atoms with Gasteiger partial charge < -0.3 is 15.5 Å². The highest BCUT2D eigenvalue weighted by atomic mass is 35.5. The molecule has 27 heavy (non-hydrogen) atoms. The number of nitrogens with one attached hydrogen (secondary N) is 2. The number of benzene rings is 1. The first-order valence-electron chi connectivity index (χ1n) is 8.71. The third kappa shape index (κ3) is 6.17. The van der Waals surface area contributed by atoms with Gasteiger partial charge in [0.1, 0.15) is 0 Å². The number of rotatable bonds is 5. The lowest BCUT2D eigenvalue weighted by atomic mass is 10.1. The van der Waals surface area contributed by atoms with Crippen LogP contribution in [0.3, 0.4) is 0 Å². The van der Waals surface area contributed by atoms with Crippen molar-refractivity contribution in [1.29, 1.82) is 0 Å². The zero-order valence-corrected chi connectivity index (χ0v) is 17.6. The number of aromatic nitrogens is 3. The Kier molecular flexibility index (Phi) is 9.18. The molecule has 2 N–H and O–H groups in total. The molecule has 0 unspecified atom stereocenters. The minimum atomic E-state index is -0.218. The van der Waals surface area contributed by atoms with Crippen molar-refractivity contribution >= 4 is 36.4 Å². The van der Waals surface area contributed by atoms with Crippen molar-refractivity contribution in [2.75, 3.05) is 32.5 Å². The Balaban J connectivity index is 0.00000182. The highest BCUT2D eigenvalue weighted by Gasteiger charge is 2.19. The summed E-state index contributed by atoms with van der Waals surface area (Å²) in [6, 6.07) is 6.37. The number of aryl methyl sites for hydroxylation is 1. The van der Waals surface area contributed by atoms with Crippen LogP contribution in [0.4, 0.5) is 5.69 Å². The minimum absolute atomic E-state index is 0. The van der Waals surface area contributed by atoms with E-state index >= 15 is 0 Å². The second-order valence-electron chi connectivity index (χ2n) is 6.92. The molecule has 0 saturated carbocycles. The average molecular weight is 415 g/mol. The topological polar surface area (TPSA) is 75.1 Å². The fourth-order valence-corrected chi connectivity index (χ4v) is 3.13. The van der Waals surface area contributed by atoms with Crippen LogP contribution in [0, 0.1) is 6.92 Å². The Morgan fingerprint density at radius 2 is 2.00 bits per heavy atom. The molecule has 0 aliphatic carbocycles. The lowest BCUT2D eigenvalue weighted by Crippen LogP contribution is -2.29. The summed E-state index contributed by atoms with van der Waals surface area (Å²) in [6.07, 6.45) is 3.77. The first-order valence-corrected chi connectivity index (χ1v) is 8.71. The van der Waals surface area contributed by atoms with Crippen LogP contribution >= 0.6 is 24.8 Å². The quantitative estimate of drug-likeness (QED) is 0.786. The van der Waals surface area contributed by atoms with Crippen molar-refractivity contribution in [3.8, 4) is 0 Å². The van der Waals surface area contributed by atoms with Gasteiger partial charge in [-0.1, -0.05) is 22.9 Å². The van der Waals surface area contributed by atoms with E-state index in [4.69, 9.17) is 0 Å². The Hall–Kier alpha value is -1.67.